The van der Waals surface area contributed by atoms with Gasteiger partial charge in [-0.05, 0) is 24.3 Å². The number of nitrogens with zero attached hydrogens (tertiary/aromatic N) is 2. The smallest absolute Gasteiger partial charge is 0.241 e. The van der Waals surface area contributed by atoms with Gasteiger partial charge in [-0.1, -0.05) is 36.4 Å². The Kier molecular flexibility index (Phi) is 7.89. The van der Waals surface area contributed by atoms with Crippen molar-refractivity contribution in [2.75, 3.05) is 44.2 Å². The van der Waals surface area contributed by atoms with Crippen LogP contribution in [0.5, 0.6) is 5.75 Å². The second-order valence-corrected chi connectivity index (χ2v) is 6.92. The molecule has 2 aromatic carbocycles. The Bertz CT molecular complexity index is 762. The van der Waals surface area contributed by atoms with Crippen molar-refractivity contribution < 1.29 is 14.3 Å². The molecule has 1 saturated heterocycles. The minimum Gasteiger partial charge on any atom is -0.493 e. The number of carbonyl (C=O) groups is 2. The van der Waals surface area contributed by atoms with Gasteiger partial charge in [0.1, 0.15) is 5.75 Å². The molecule has 0 atom stereocenters. The Morgan fingerprint density at radius 2 is 1.38 bits per heavy atom. The lowest BCUT2D eigenvalue weighted by Crippen LogP contribution is -2.48. The summed E-state index contributed by atoms with van der Waals surface area (Å²) in [5, 5.41) is 0. The molecule has 1 fully saturated rings. The van der Waals surface area contributed by atoms with Crippen LogP contribution in [0.15, 0.2) is 60.7 Å². The first kappa shape index (κ1) is 20.7. The van der Waals surface area contributed by atoms with Crippen LogP contribution in [0.1, 0.15) is 12.8 Å². The molecule has 1 aliphatic heterocycles. The van der Waals surface area contributed by atoms with Crippen molar-refractivity contribution in [2.24, 2.45) is 0 Å². The number of hydrogen-bond donors (Lipinski definition) is 2. The second-order valence-electron chi connectivity index (χ2n) is 6.92. The van der Waals surface area contributed by atoms with E-state index < -0.39 is 0 Å². The Morgan fingerprint density at radius 1 is 0.793 bits per heavy atom. The van der Waals surface area contributed by atoms with Gasteiger partial charge in [-0.3, -0.25) is 25.3 Å². The summed E-state index contributed by atoms with van der Waals surface area (Å²) in [6.07, 6.45) is 0.531. The molecule has 0 aliphatic carbocycles. The fourth-order valence-corrected chi connectivity index (χ4v) is 3.17. The maximum Gasteiger partial charge on any atom is 0.241 e. The zero-order valence-electron chi connectivity index (χ0n) is 16.5. The summed E-state index contributed by atoms with van der Waals surface area (Å²) in [6, 6.07) is 19.7. The number of ether oxygens (including phenoxy) is 1. The molecule has 1 heterocycles. The molecule has 0 bridgehead atoms. The molecule has 1 aliphatic rings. The summed E-state index contributed by atoms with van der Waals surface area (Å²) in [5.41, 5.74) is 6.15. The highest BCUT2D eigenvalue weighted by molar-refractivity contribution is 5.82. The third-order valence-corrected chi connectivity index (χ3v) is 4.83. The van der Waals surface area contributed by atoms with Crippen molar-refractivity contribution in [2.45, 2.75) is 12.8 Å². The number of hydrogen-bond acceptors (Lipinski definition) is 5. The van der Waals surface area contributed by atoms with Gasteiger partial charge >= 0.3 is 0 Å². The van der Waals surface area contributed by atoms with E-state index in [4.69, 9.17) is 4.74 Å². The van der Waals surface area contributed by atoms with Gasteiger partial charge in [-0.2, -0.15) is 0 Å². The number of nitrogens with one attached hydrogen (secondary N) is 2. The van der Waals surface area contributed by atoms with Crippen LogP contribution in [0.4, 0.5) is 5.69 Å². The number of anilines is 1. The largest absolute Gasteiger partial charge is 0.493 e. The highest BCUT2D eigenvalue weighted by Crippen LogP contribution is 2.15. The quantitative estimate of drug-likeness (QED) is 0.666. The minimum atomic E-state index is -0.272. The predicted molar refractivity (Wildman–Crippen MR) is 113 cm³/mol. The van der Waals surface area contributed by atoms with Crippen molar-refractivity contribution in [1.82, 2.24) is 15.8 Å². The van der Waals surface area contributed by atoms with Crippen molar-refractivity contribution in [1.29, 1.82) is 0 Å². The average molecular weight is 396 g/mol. The standard InChI is InChI=1S/C22H28N4O3/c27-21(23-24-22(28)12-18-29-20-9-5-2-6-10-20)11-13-25-14-16-26(17-15-25)19-7-3-1-4-8-19/h1-10H,11-18H2,(H,23,27)(H,24,28). The van der Waals surface area contributed by atoms with Gasteiger partial charge in [0.2, 0.25) is 11.8 Å². The molecule has 0 radical (unpaired) electrons. The third-order valence-electron chi connectivity index (χ3n) is 4.83. The lowest BCUT2D eigenvalue weighted by atomic mass is 10.2. The Hall–Kier alpha value is -3.06. The van der Waals surface area contributed by atoms with E-state index >= 15 is 0 Å². The molecule has 0 unspecified atom stereocenters. The van der Waals surface area contributed by atoms with Crippen LogP contribution in [-0.4, -0.2) is 56.0 Å². The van der Waals surface area contributed by atoms with Gasteiger partial charge < -0.3 is 9.64 Å². The molecule has 7 nitrogen and oxygen atoms in total. The fourth-order valence-electron chi connectivity index (χ4n) is 3.17. The topological polar surface area (TPSA) is 73.9 Å². The SMILES string of the molecule is O=C(CCOc1ccccc1)NNC(=O)CCN1CCN(c2ccccc2)CC1. The van der Waals surface area contributed by atoms with Crippen molar-refractivity contribution in [3.63, 3.8) is 0 Å². The number of para-hydroxylation sites is 2. The highest BCUT2D eigenvalue weighted by atomic mass is 16.5. The molecular formula is C22H28N4O3. The van der Waals surface area contributed by atoms with Crippen LogP contribution in [0, 0.1) is 0 Å². The van der Waals surface area contributed by atoms with Crippen LogP contribution in [0.3, 0.4) is 0 Å². The van der Waals surface area contributed by atoms with Crippen molar-refractivity contribution in [3.05, 3.63) is 60.7 Å². The second kappa shape index (κ2) is 11.1. The molecule has 2 N–H and O–H groups in total. The van der Waals surface area contributed by atoms with E-state index in [0.717, 1.165) is 31.9 Å². The number of carbonyl (C=O) groups excluding carboxylic acids is 2. The first-order valence-electron chi connectivity index (χ1n) is 9.98. The number of benzene rings is 2. The number of piperazine rings is 1. The zero-order valence-corrected chi connectivity index (χ0v) is 16.5. The molecular weight excluding hydrogens is 368 g/mol. The van der Waals surface area contributed by atoms with Gasteiger partial charge in [-0.25, -0.2) is 0 Å². The summed E-state index contributed by atoms with van der Waals surface area (Å²) in [5.74, 6) is 0.260. The van der Waals surface area contributed by atoms with E-state index in [1.165, 1.54) is 5.69 Å². The average Bonchev–Trinajstić information content (AvgIpc) is 2.78. The van der Waals surface area contributed by atoms with Crippen LogP contribution in [0.25, 0.3) is 0 Å². The molecule has 29 heavy (non-hydrogen) atoms. The Morgan fingerprint density at radius 3 is 2.03 bits per heavy atom. The van der Waals surface area contributed by atoms with Crippen LogP contribution < -0.4 is 20.5 Å². The van der Waals surface area contributed by atoms with E-state index in [-0.39, 0.29) is 24.8 Å². The van der Waals surface area contributed by atoms with Gasteiger partial charge in [0.25, 0.3) is 0 Å². The summed E-state index contributed by atoms with van der Waals surface area (Å²) in [4.78, 5) is 28.4. The number of rotatable bonds is 8. The zero-order chi connectivity index (χ0) is 20.3. The van der Waals surface area contributed by atoms with Crippen LogP contribution >= 0.6 is 0 Å². The molecule has 2 amide bonds. The highest BCUT2D eigenvalue weighted by Gasteiger charge is 2.17. The normalized spacial score (nSPS) is 14.3. The summed E-state index contributed by atoms with van der Waals surface area (Å²) >= 11 is 0. The molecule has 2 aromatic rings. The van der Waals surface area contributed by atoms with Gasteiger partial charge in [-0.15, -0.1) is 0 Å². The van der Waals surface area contributed by atoms with E-state index in [0.29, 0.717) is 13.0 Å². The predicted octanol–water partition coefficient (Wildman–Crippen LogP) is 1.82. The monoisotopic (exact) mass is 396 g/mol. The third kappa shape index (κ3) is 7.12. The van der Waals surface area contributed by atoms with Crippen molar-refractivity contribution in [3.8, 4) is 5.75 Å². The maximum atomic E-state index is 12.0. The van der Waals surface area contributed by atoms with E-state index in [2.05, 4.69) is 32.8 Å². The molecule has 7 heteroatoms. The van der Waals surface area contributed by atoms with Gasteiger partial charge in [0.15, 0.2) is 0 Å². The summed E-state index contributed by atoms with van der Waals surface area (Å²) < 4.78 is 5.47. The lowest BCUT2D eigenvalue weighted by molar-refractivity contribution is -0.129. The molecule has 154 valence electrons. The summed E-state index contributed by atoms with van der Waals surface area (Å²) in [7, 11) is 0. The fraction of sp³-hybridized carbons (Fsp3) is 0.364. The molecule has 3 rings (SSSR count). The number of hydrazine groups is 1. The van der Waals surface area contributed by atoms with Crippen LogP contribution in [0.2, 0.25) is 0 Å². The van der Waals surface area contributed by atoms with Gasteiger partial charge in [0.05, 0.1) is 13.0 Å². The van der Waals surface area contributed by atoms with Gasteiger partial charge in [0, 0.05) is 44.8 Å². The number of amides is 2. The van der Waals surface area contributed by atoms with E-state index in [1.54, 1.807) is 0 Å². The maximum absolute atomic E-state index is 12.0. The lowest BCUT2D eigenvalue weighted by Gasteiger charge is -2.36. The minimum absolute atomic E-state index is 0.177. The first-order chi connectivity index (χ1) is 14.2. The van der Waals surface area contributed by atoms with Crippen molar-refractivity contribution >= 4 is 17.5 Å². The van der Waals surface area contributed by atoms with Crippen LogP contribution in [-0.2, 0) is 9.59 Å². The molecule has 0 aromatic heterocycles. The summed E-state index contributed by atoms with van der Waals surface area (Å²) in [6.45, 7) is 4.68. The van der Waals surface area contributed by atoms with E-state index in [9.17, 15) is 9.59 Å². The van der Waals surface area contributed by atoms with E-state index in [1.807, 2.05) is 48.5 Å². The molecule has 0 saturated carbocycles. The Labute approximate surface area is 171 Å². The molecule has 0 spiro atoms. The Balaban J connectivity index is 1.25. The first-order valence-corrected chi connectivity index (χ1v) is 9.98.